The van der Waals surface area contributed by atoms with E-state index in [9.17, 15) is 8.42 Å². The van der Waals surface area contributed by atoms with E-state index in [-0.39, 0.29) is 16.9 Å². The molecule has 0 N–H and O–H groups in total. The monoisotopic (exact) mass is 348 g/mol. The Hall–Kier alpha value is -1.46. The van der Waals surface area contributed by atoms with Gasteiger partial charge >= 0.3 is 0 Å². The zero-order valence-corrected chi connectivity index (χ0v) is 14.5. The lowest BCUT2D eigenvalue weighted by Crippen LogP contribution is -2.20. The molecule has 0 aliphatic heterocycles. The van der Waals surface area contributed by atoms with Crippen LogP contribution < -0.4 is 4.74 Å². The summed E-state index contributed by atoms with van der Waals surface area (Å²) in [6, 6.07) is 16.1. The molecule has 0 saturated heterocycles. The number of benzene rings is 2. The molecule has 23 heavy (non-hydrogen) atoms. The summed E-state index contributed by atoms with van der Waals surface area (Å²) in [5, 5.41) is 0.200. The van der Waals surface area contributed by atoms with Crippen LogP contribution in [-0.4, -0.2) is 19.4 Å². The fraction of sp³-hybridized carbons (Fsp3) is 0.333. The molecule has 0 bridgehead atoms. The number of thiol groups is 1. The maximum atomic E-state index is 12.5. The van der Waals surface area contributed by atoms with E-state index in [1.807, 2.05) is 30.3 Å². The van der Waals surface area contributed by atoms with Gasteiger partial charge in [0, 0.05) is 5.25 Å². The summed E-state index contributed by atoms with van der Waals surface area (Å²) >= 11 is 4.50. The topological polar surface area (TPSA) is 43.4 Å². The predicted octanol–water partition coefficient (Wildman–Crippen LogP) is 4.35. The van der Waals surface area contributed by atoms with Crippen LogP contribution in [0.15, 0.2) is 59.5 Å². The van der Waals surface area contributed by atoms with E-state index in [0.717, 1.165) is 25.0 Å². The number of sulfone groups is 1. The second-order valence-electron chi connectivity index (χ2n) is 5.93. The Labute approximate surface area is 143 Å². The van der Waals surface area contributed by atoms with Crippen molar-refractivity contribution in [2.45, 2.75) is 29.4 Å². The van der Waals surface area contributed by atoms with Crippen molar-refractivity contribution in [1.29, 1.82) is 0 Å². The molecule has 1 saturated carbocycles. The lowest BCUT2D eigenvalue weighted by atomic mass is 10.1. The normalized spacial score (nSPS) is 21.3. The lowest BCUT2D eigenvalue weighted by molar-refractivity contribution is 0.482. The third-order valence-electron chi connectivity index (χ3n) is 4.21. The first kappa shape index (κ1) is 16.4. The molecule has 5 heteroatoms. The summed E-state index contributed by atoms with van der Waals surface area (Å²) in [7, 11) is -3.27. The second-order valence-corrected chi connectivity index (χ2v) is 8.62. The molecule has 3 nitrogen and oxygen atoms in total. The molecule has 1 fully saturated rings. The Morgan fingerprint density at radius 3 is 2.22 bits per heavy atom. The molecule has 0 amide bonds. The molecule has 2 aromatic rings. The molecule has 1 aliphatic carbocycles. The summed E-state index contributed by atoms with van der Waals surface area (Å²) in [6.07, 6.45) is 3.02. The zero-order chi connectivity index (χ0) is 16.3. The molecule has 2 atom stereocenters. The minimum Gasteiger partial charge on any atom is -0.457 e. The van der Waals surface area contributed by atoms with Gasteiger partial charge in [-0.25, -0.2) is 8.42 Å². The van der Waals surface area contributed by atoms with Gasteiger partial charge in [0.1, 0.15) is 11.5 Å². The predicted molar refractivity (Wildman–Crippen MR) is 95.1 cm³/mol. The maximum absolute atomic E-state index is 12.5. The molecule has 0 radical (unpaired) electrons. The van der Waals surface area contributed by atoms with E-state index in [2.05, 4.69) is 12.6 Å². The number of rotatable bonds is 5. The largest absolute Gasteiger partial charge is 0.457 e. The second kappa shape index (κ2) is 6.97. The van der Waals surface area contributed by atoms with Crippen LogP contribution in [-0.2, 0) is 9.84 Å². The first-order chi connectivity index (χ1) is 11.0. The maximum Gasteiger partial charge on any atom is 0.178 e. The molecule has 1 aliphatic rings. The highest BCUT2D eigenvalue weighted by Crippen LogP contribution is 2.32. The molecule has 3 rings (SSSR count). The van der Waals surface area contributed by atoms with Crippen LogP contribution in [0.5, 0.6) is 11.5 Å². The van der Waals surface area contributed by atoms with Gasteiger partial charge in [-0.3, -0.25) is 0 Å². The van der Waals surface area contributed by atoms with Gasteiger partial charge in [0.25, 0.3) is 0 Å². The van der Waals surface area contributed by atoms with Crippen LogP contribution in [0.25, 0.3) is 0 Å². The van der Waals surface area contributed by atoms with Crippen LogP contribution in [0, 0.1) is 5.92 Å². The van der Waals surface area contributed by atoms with Crippen molar-refractivity contribution in [3.8, 4) is 11.5 Å². The van der Waals surface area contributed by atoms with Gasteiger partial charge in [0.05, 0.1) is 10.6 Å². The van der Waals surface area contributed by atoms with Crippen molar-refractivity contribution in [2.24, 2.45) is 5.92 Å². The van der Waals surface area contributed by atoms with Gasteiger partial charge in [0.15, 0.2) is 9.84 Å². The SMILES string of the molecule is O=S(=O)(C[C@H]1CCC[C@@H]1S)c1ccc(Oc2ccccc2)cc1. The molecule has 0 heterocycles. The molecule has 122 valence electrons. The Bertz CT molecular complexity index is 740. The van der Waals surface area contributed by atoms with Gasteiger partial charge in [-0.2, -0.15) is 12.6 Å². The highest BCUT2D eigenvalue weighted by atomic mass is 32.2. The molecule has 0 spiro atoms. The number of para-hydroxylation sites is 1. The Balaban J connectivity index is 1.71. The summed E-state index contributed by atoms with van der Waals surface area (Å²) in [6.45, 7) is 0. The van der Waals surface area contributed by atoms with Crippen LogP contribution >= 0.6 is 12.6 Å². The molecular formula is C18H20O3S2. The molecular weight excluding hydrogens is 328 g/mol. The first-order valence-electron chi connectivity index (χ1n) is 7.78. The van der Waals surface area contributed by atoms with Gasteiger partial charge in [-0.05, 0) is 55.2 Å². The fourth-order valence-electron chi connectivity index (χ4n) is 2.93. The van der Waals surface area contributed by atoms with E-state index in [1.54, 1.807) is 24.3 Å². The Morgan fingerprint density at radius 2 is 1.61 bits per heavy atom. The zero-order valence-electron chi connectivity index (χ0n) is 12.8. The van der Waals surface area contributed by atoms with Gasteiger partial charge in [-0.1, -0.05) is 24.6 Å². The number of ether oxygens (including phenoxy) is 1. The average molecular weight is 348 g/mol. The Kier molecular flexibility index (Phi) is 4.97. The van der Waals surface area contributed by atoms with E-state index < -0.39 is 9.84 Å². The summed E-state index contributed by atoms with van der Waals surface area (Å²) < 4.78 is 30.7. The third-order valence-corrected chi connectivity index (χ3v) is 6.75. The van der Waals surface area contributed by atoms with E-state index in [4.69, 9.17) is 4.74 Å². The minimum atomic E-state index is -3.27. The highest BCUT2D eigenvalue weighted by molar-refractivity contribution is 7.91. The van der Waals surface area contributed by atoms with E-state index >= 15 is 0 Å². The summed E-state index contributed by atoms with van der Waals surface area (Å²) in [5.74, 6) is 1.69. The van der Waals surface area contributed by atoms with Crippen molar-refractivity contribution in [3.63, 3.8) is 0 Å². The van der Waals surface area contributed by atoms with Crippen molar-refractivity contribution in [3.05, 3.63) is 54.6 Å². The van der Waals surface area contributed by atoms with Crippen LogP contribution in [0.2, 0.25) is 0 Å². The lowest BCUT2D eigenvalue weighted by Gasteiger charge is -2.15. The van der Waals surface area contributed by atoms with Crippen LogP contribution in [0.3, 0.4) is 0 Å². The smallest absolute Gasteiger partial charge is 0.178 e. The highest BCUT2D eigenvalue weighted by Gasteiger charge is 2.29. The van der Waals surface area contributed by atoms with Crippen molar-refractivity contribution >= 4 is 22.5 Å². The van der Waals surface area contributed by atoms with Crippen LogP contribution in [0.4, 0.5) is 0 Å². The average Bonchev–Trinajstić information content (AvgIpc) is 2.93. The molecule has 2 aromatic carbocycles. The van der Waals surface area contributed by atoms with Crippen molar-refractivity contribution < 1.29 is 13.2 Å². The van der Waals surface area contributed by atoms with Gasteiger partial charge in [-0.15, -0.1) is 0 Å². The van der Waals surface area contributed by atoms with E-state index in [0.29, 0.717) is 10.6 Å². The van der Waals surface area contributed by atoms with Gasteiger partial charge in [0.2, 0.25) is 0 Å². The third kappa shape index (κ3) is 4.09. The number of hydrogen-bond acceptors (Lipinski definition) is 4. The van der Waals surface area contributed by atoms with Crippen molar-refractivity contribution in [2.75, 3.05) is 5.75 Å². The fourth-order valence-corrected chi connectivity index (χ4v) is 5.21. The Morgan fingerprint density at radius 1 is 0.957 bits per heavy atom. The van der Waals surface area contributed by atoms with Gasteiger partial charge < -0.3 is 4.74 Å². The first-order valence-corrected chi connectivity index (χ1v) is 9.95. The minimum absolute atomic E-state index is 0.156. The van der Waals surface area contributed by atoms with Crippen LogP contribution in [0.1, 0.15) is 19.3 Å². The molecule has 0 unspecified atom stereocenters. The standard InChI is InChI=1S/C18H20O3S2/c19-23(20,13-14-5-4-8-18(14)22)17-11-9-16(10-12-17)21-15-6-2-1-3-7-15/h1-3,6-7,9-12,14,18,22H,4-5,8,13H2/t14-,18+/m1/s1. The quantitative estimate of drug-likeness (QED) is 0.817. The molecule has 0 aromatic heterocycles. The van der Waals surface area contributed by atoms with E-state index in [1.165, 1.54) is 0 Å². The number of hydrogen-bond donors (Lipinski definition) is 1. The summed E-state index contributed by atoms with van der Waals surface area (Å²) in [4.78, 5) is 0.352. The van der Waals surface area contributed by atoms with Crippen molar-refractivity contribution in [1.82, 2.24) is 0 Å². The summed E-state index contributed by atoms with van der Waals surface area (Å²) in [5.41, 5.74) is 0.